The average molecular weight is 1500 g/mol. The highest BCUT2D eigenvalue weighted by Crippen LogP contribution is 2.22. The van der Waals surface area contributed by atoms with Crippen LogP contribution in [-0.4, -0.2) is 221 Å². The van der Waals surface area contributed by atoms with Gasteiger partial charge in [0.1, 0.15) is 60.4 Å². The van der Waals surface area contributed by atoms with Gasteiger partial charge < -0.3 is 95.3 Å². The Bertz CT molecular complexity index is 3120. The third kappa shape index (κ3) is 30.3. The molecule has 0 radical (unpaired) electrons. The van der Waals surface area contributed by atoms with E-state index in [1.807, 2.05) is 0 Å². The maximum absolute atomic E-state index is 14.9. The van der Waals surface area contributed by atoms with Crippen molar-refractivity contribution in [3.05, 3.63) is 89.1 Å². The first kappa shape index (κ1) is 84.9. The number of aromatic nitrogens is 1. The van der Waals surface area contributed by atoms with Crippen LogP contribution in [0.4, 0.5) is 0 Å². The van der Waals surface area contributed by atoms with Crippen molar-refractivity contribution in [1.82, 2.24) is 90.1 Å². The molecule has 1 fully saturated rings. The molecule has 2 heterocycles. The van der Waals surface area contributed by atoms with E-state index in [1.54, 1.807) is 68.4 Å². The number of nitrogens with one attached hydrogen (secondary N) is 16. The normalized spacial score (nSPS) is 20.9. The summed E-state index contributed by atoms with van der Waals surface area (Å²) in [5.74, 6) is -9.55. The molecule has 0 aliphatic carbocycles. The molecular weight excluding hydrogens is 1400 g/mol. The van der Waals surface area contributed by atoms with Crippen molar-refractivity contribution in [2.75, 3.05) is 68.7 Å². The van der Waals surface area contributed by atoms with E-state index in [0.29, 0.717) is 21.8 Å². The van der Waals surface area contributed by atoms with Crippen molar-refractivity contribution in [2.24, 2.45) is 5.92 Å². The summed E-state index contributed by atoms with van der Waals surface area (Å²) >= 11 is 27.2. The molecule has 18 N–H and O–H groups in total. The lowest BCUT2D eigenvalue weighted by Crippen LogP contribution is -2.63. The predicted molar refractivity (Wildman–Crippen MR) is 392 cm³/mol. The van der Waals surface area contributed by atoms with Crippen LogP contribution in [0.3, 0.4) is 0 Å². The minimum atomic E-state index is -1.78. The minimum absolute atomic E-state index is 0.0278. The Balaban J connectivity index is 1.78. The van der Waals surface area contributed by atoms with Crippen LogP contribution >= 0.6 is 74.7 Å². The Labute approximate surface area is 609 Å². The summed E-state index contributed by atoms with van der Waals surface area (Å²) < 4.78 is 0. The summed E-state index contributed by atoms with van der Waals surface area (Å²) in [7, 11) is 0. The third-order valence-electron chi connectivity index (χ3n) is 15.4. The number of rotatable bonds is 34. The van der Waals surface area contributed by atoms with Crippen LogP contribution in [-0.2, 0) is 54.4 Å². The summed E-state index contributed by atoms with van der Waals surface area (Å²) in [6.07, 6.45) is -2.67. The van der Waals surface area contributed by atoms with Crippen LogP contribution in [0.1, 0.15) is 82.1 Å². The van der Waals surface area contributed by atoms with Crippen LogP contribution in [0.25, 0.3) is 11.3 Å². The Morgan fingerprint density at radius 3 is 1.66 bits per heavy atom. The molecule has 30 nitrogen and oxygen atoms in total. The SMILES string of the molecule is CC(C)C[C@@H]1NC(=O)[C@@H](Cc2ccccc2)NC(=O)[C@H](CCNCS)NC(=O)[C@@H](NC(=O)[C@H](CNCS)NC(=O)[C@@H](NC(=O)[C@H](CCNCS)NC(=O)c2ccnc(-c3cccc(Cl)c3)c2)[C@@H](C)O)CCNC(=O)[C@H]([C@@H](C)O)NC(=O)[C@H](CCNCS)NC(=O)[C@H](CCNCS)NC1=O. The minimum Gasteiger partial charge on any atom is -0.391 e. The number of aliphatic hydroxyl groups excluding tert-OH is 2. The van der Waals surface area contributed by atoms with E-state index in [2.05, 4.69) is 153 Å². The summed E-state index contributed by atoms with van der Waals surface area (Å²) in [4.78, 5) is 163. The first-order valence-electron chi connectivity index (χ1n) is 32.4. The van der Waals surface area contributed by atoms with Crippen molar-refractivity contribution in [2.45, 2.75) is 145 Å². The lowest BCUT2D eigenvalue weighted by Gasteiger charge is -2.29. The summed E-state index contributed by atoms with van der Waals surface area (Å²) in [5.41, 5.74) is 1.74. The molecule has 11 amide bonds. The van der Waals surface area contributed by atoms with E-state index in [1.165, 1.54) is 32.2 Å². The molecule has 12 atom stereocenters. The molecule has 1 aliphatic heterocycles. The van der Waals surface area contributed by atoms with Gasteiger partial charge in [0.2, 0.25) is 59.1 Å². The number of carbonyl (C=O) groups is 11. The number of amides is 11. The highest BCUT2D eigenvalue weighted by atomic mass is 35.5. The summed E-state index contributed by atoms with van der Waals surface area (Å²) in [6, 6.07) is 3.27. The second-order valence-corrected chi connectivity index (χ2v) is 25.7. The molecular formula is C63H96ClN17O13S5. The number of halogens is 1. The van der Waals surface area contributed by atoms with Gasteiger partial charge in [-0.1, -0.05) is 67.9 Å². The van der Waals surface area contributed by atoms with Gasteiger partial charge in [-0.05, 0) is 114 Å². The number of aliphatic hydroxyl groups is 2. The topological polar surface area (TPSA) is 434 Å². The van der Waals surface area contributed by atoms with Crippen molar-refractivity contribution in [3.8, 4) is 11.3 Å². The Kier molecular flexibility index (Phi) is 39.6. The number of hydrogen-bond acceptors (Lipinski definition) is 24. The van der Waals surface area contributed by atoms with Gasteiger partial charge in [-0.15, -0.1) is 0 Å². The molecule has 36 heteroatoms. The second kappa shape index (κ2) is 46.1. The second-order valence-electron chi connectivity index (χ2n) is 23.6. The molecule has 0 saturated carbocycles. The van der Waals surface area contributed by atoms with E-state index >= 15 is 0 Å². The molecule has 0 unspecified atom stereocenters. The fraction of sp³-hybridized carbons (Fsp3) is 0.556. The molecule has 1 aromatic heterocycles. The van der Waals surface area contributed by atoms with E-state index < -0.39 is 151 Å². The largest absolute Gasteiger partial charge is 0.391 e. The van der Waals surface area contributed by atoms with Crippen LogP contribution < -0.4 is 85.1 Å². The van der Waals surface area contributed by atoms with Crippen molar-refractivity contribution in [3.63, 3.8) is 0 Å². The molecule has 1 aliphatic rings. The lowest BCUT2D eigenvalue weighted by molar-refractivity contribution is -0.136. The van der Waals surface area contributed by atoms with Gasteiger partial charge in [-0.3, -0.25) is 57.7 Å². The average Bonchev–Trinajstić information content (AvgIpc) is 0.875. The highest BCUT2D eigenvalue weighted by Gasteiger charge is 2.38. The molecule has 2 aromatic carbocycles. The Hall–Kier alpha value is -6.48. The van der Waals surface area contributed by atoms with Crippen molar-refractivity contribution < 1.29 is 63.0 Å². The van der Waals surface area contributed by atoms with E-state index in [9.17, 15) is 63.0 Å². The quantitative estimate of drug-likeness (QED) is 0.0165. The van der Waals surface area contributed by atoms with Gasteiger partial charge in [0.05, 0.1) is 17.9 Å². The number of carbonyl (C=O) groups excluding carboxylic acids is 11. The Morgan fingerprint density at radius 1 is 0.566 bits per heavy atom. The number of benzene rings is 2. The monoisotopic (exact) mass is 1490 g/mol. The number of pyridine rings is 1. The van der Waals surface area contributed by atoms with Crippen LogP contribution in [0.15, 0.2) is 72.9 Å². The summed E-state index contributed by atoms with van der Waals surface area (Å²) in [6.45, 7) is 5.65. The van der Waals surface area contributed by atoms with Gasteiger partial charge in [-0.25, -0.2) is 0 Å². The van der Waals surface area contributed by atoms with Gasteiger partial charge in [0.25, 0.3) is 5.91 Å². The van der Waals surface area contributed by atoms with Gasteiger partial charge in [0.15, 0.2) is 0 Å². The van der Waals surface area contributed by atoms with Crippen LogP contribution in [0.2, 0.25) is 5.02 Å². The van der Waals surface area contributed by atoms with Crippen molar-refractivity contribution in [1.29, 1.82) is 0 Å². The predicted octanol–water partition coefficient (Wildman–Crippen LogP) is -2.62. The molecule has 0 spiro atoms. The standard InChI is InChI=1S/C63H96ClN17O13S5/c1-35(2)25-48-59(90)75-42(14-19-65-30-95)54(85)74-45(17-22-68-33-98)58(89)80-51(36(3)82)62(93)71-24-18-46(55(86)73-43(15-20-66-31-96)56(87)78-49(60(91)77-48)26-38-9-6-5-7-10-38)76-61(92)50(29-69-34-99)79-63(94)52(37(4)83)81-57(88)44(16-21-67-32-97)72-53(84)40-13-23-70-47(28-40)39-11-8-12-41(64)27-39/h5-13,23,27-28,35-37,42-46,48-52,65-69,82-83,95-99H,14-22,24-26,29-34H2,1-4H3,(H,71,93)(H,72,84)(H,73,86)(H,74,85)(H,75,90)(H,76,92)(H,77,91)(H,78,87)(H,79,94)(H,80,89)(H,81,88)/t36-,37-,42+,43+,44+,45+,46+,48+,49-,50+,51+,52+/m1/s1. The Morgan fingerprint density at radius 2 is 1.10 bits per heavy atom. The zero-order valence-electron chi connectivity index (χ0n) is 55.6. The zero-order valence-corrected chi connectivity index (χ0v) is 60.8. The maximum Gasteiger partial charge on any atom is 0.252 e. The van der Waals surface area contributed by atoms with E-state index in [4.69, 9.17) is 11.6 Å². The first-order valence-corrected chi connectivity index (χ1v) is 35.9. The maximum atomic E-state index is 14.9. The molecule has 99 heavy (non-hydrogen) atoms. The van der Waals surface area contributed by atoms with Crippen LogP contribution in [0, 0.1) is 5.92 Å². The highest BCUT2D eigenvalue weighted by molar-refractivity contribution is 7.80. The fourth-order valence-corrected chi connectivity index (χ4v) is 11.1. The number of nitrogens with zero attached hydrogens (tertiary/aromatic N) is 1. The third-order valence-corrected chi connectivity index (χ3v) is 16.7. The molecule has 548 valence electrons. The lowest BCUT2D eigenvalue weighted by atomic mass is 10.00. The van der Waals surface area contributed by atoms with Gasteiger partial charge in [-0.2, -0.15) is 63.1 Å². The van der Waals surface area contributed by atoms with E-state index in [0.717, 1.165) is 0 Å². The first-order chi connectivity index (χ1) is 47.3. The molecule has 3 aromatic rings. The fourth-order valence-electron chi connectivity index (χ4n) is 10.1. The smallest absolute Gasteiger partial charge is 0.252 e. The van der Waals surface area contributed by atoms with Gasteiger partial charge >= 0.3 is 0 Å². The number of hydrogen-bond donors (Lipinski definition) is 23. The number of thiol groups is 5. The molecule has 0 bridgehead atoms. The van der Waals surface area contributed by atoms with Gasteiger partial charge in [0, 0.05) is 71.2 Å². The van der Waals surface area contributed by atoms with E-state index in [-0.39, 0.29) is 112 Å². The molecule has 4 rings (SSSR count). The summed E-state index contributed by atoms with van der Waals surface area (Å²) in [5, 5.41) is 66.2. The van der Waals surface area contributed by atoms with Crippen LogP contribution in [0.5, 0.6) is 0 Å². The zero-order chi connectivity index (χ0) is 73.0. The van der Waals surface area contributed by atoms with Crippen molar-refractivity contribution >= 4 is 140 Å². The molecule has 1 saturated heterocycles.